The Morgan fingerprint density at radius 2 is 2.13 bits per heavy atom. The Bertz CT molecular complexity index is 851. The van der Waals surface area contributed by atoms with Gasteiger partial charge in [0, 0.05) is 12.7 Å². The normalized spacial score (nSPS) is 12.3. The SMILES string of the molecule is c1coc(C(CNc2ncnc3ncccc23)c2ccsc2)c1. The molecule has 0 aliphatic heterocycles. The van der Waals surface area contributed by atoms with Gasteiger partial charge in [-0.1, -0.05) is 0 Å². The summed E-state index contributed by atoms with van der Waals surface area (Å²) in [6.45, 7) is 0.686. The van der Waals surface area contributed by atoms with Gasteiger partial charge in [0.05, 0.1) is 17.6 Å². The lowest BCUT2D eigenvalue weighted by atomic mass is 9.99. The number of furan rings is 1. The molecule has 4 aromatic rings. The highest BCUT2D eigenvalue weighted by Crippen LogP contribution is 2.28. The van der Waals surface area contributed by atoms with E-state index < -0.39 is 0 Å². The van der Waals surface area contributed by atoms with Gasteiger partial charge in [-0.2, -0.15) is 11.3 Å². The first-order valence-electron chi connectivity index (χ1n) is 7.27. The van der Waals surface area contributed by atoms with Crippen LogP contribution in [0.4, 0.5) is 5.82 Å². The molecule has 0 bridgehead atoms. The van der Waals surface area contributed by atoms with Crippen LogP contribution in [0.25, 0.3) is 11.0 Å². The smallest absolute Gasteiger partial charge is 0.164 e. The highest BCUT2D eigenvalue weighted by molar-refractivity contribution is 7.08. The van der Waals surface area contributed by atoms with E-state index in [1.807, 2.05) is 24.3 Å². The maximum atomic E-state index is 5.61. The third-order valence-electron chi connectivity index (χ3n) is 3.71. The second-order valence-electron chi connectivity index (χ2n) is 5.10. The van der Waals surface area contributed by atoms with Crippen LogP contribution in [0.1, 0.15) is 17.2 Å². The van der Waals surface area contributed by atoms with Crippen molar-refractivity contribution in [2.45, 2.75) is 5.92 Å². The molecule has 1 atom stereocenters. The molecule has 0 aliphatic rings. The Labute approximate surface area is 137 Å². The molecule has 0 fully saturated rings. The van der Waals surface area contributed by atoms with Gasteiger partial charge in [0.25, 0.3) is 0 Å². The zero-order chi connectivity index (χ0) is 15.5. The lowest BCUT2D eigenvalue weighted by Crippen LogP contribution is -2.14. The summed E-state index contributed by atoms with van der Waals surface area (Å²) < 4.78 is 5.61. The van der Waals surface area contributed by atoms with Crippen molar-refractivity contribution >= 4 is 28.2 Å². The van der Waals surface area contributed by atoms with Crippen molar-refractivity contribution < 1.29 is 4.42 Å². The molecule has 0 aromatic carbocycles. The lowest BCUT2D eigenvalue weighted by Gasteiger charge is -2.15. The lowest BCUT2D eigenvalue weighted by molar-refractivity contribution is 0.491. The van der Waals surface area contributed by atoms with Crippen molar-refractivity contribution in [2.75, 3.05) is 11.9 Å². The minimum Gasteiger partial charge on any atom is -0.469 e. The van der Waals surface area contributed by atoms with Crippen LogP contribution in [0.2, 0.25) is 0 Å². The molecule has 0 aliphatic carbocycles. The van der Waals surface area contributed by atoms with Gasteiger partial charge in [0.1, 0.15) is 17.9 Å². The fourth-order valence-electron chi connectivity index (χ4n) is 2.58. The number of nitrogens with zero attached hydrogens (tertiary/aromatic N) is 3. The quantitative estimate of drug-likeness (QED) is 0.603. The highest BCUT2D eigenvalue weighted by Gasteiger charge is 2.18. The number of thiophene rings is 1. The highest BCUT2D eigenvalue weighted by atomic mass is 32.1. The van der Waals surface area contributed by atoms with E-state index in [0.717, 1.165) is 17.0 Å². The van der Waals surface area contributed by atoms with E-state index in [0.29, 0.717) is 12.2 Å². The van der Waals surface area contributed by atoms with E-state index in [1.54, 1.807) is 23.8 Å². The Kier molecular flexibility index (Phi) is 3.73. The van der Waals surface area contributed by atoms with E-state index in [-0.39, 0.29) is 5.92 Å². The second kappa shape index (κ2) is 6.18. The first kappa shape index (κ1) is 13.9. The van der Waals surface area contributed by atoms with E-state index >= 15 is 0 Å². The van der Waals surface area contributed by atoms with Crippen molar-refractivity contribution in [3.63, 3.8) is 0 Å². The van der Waals surface area contributed by atoms with E-state index in [2.05, 4.69) is 37.1 Å². The molecule has 0 radical (unpaired) electrons. The molecule has 4 heterocycles. The largest absolute Gasteiger partial charge is 0.469 e. The number of anilines is 1. The number of hydrogen-bond acceptors (Lipinski definition) is 6. The van der Waals surface area contributed by atoms with Gasteiger partial charge in [-0.3, -0.25) is 0 Å². The van der Waals surface area contributed by atoms with Crippen molar-refractivity contribution in [3.8, 4) is 0 Å². The first-order valence-corrected chi connectivity index (χ1v) is 8.21. The zero-order valence-electron chi connectivity index (χ0n) is 12.2. The Hall–Kier alpha value is -2.73. The summed E-state index contributed by atoms with van der Waals surface area (Å²) in [5.74, 6) is 1.86. The molecular formula is C17H14N4OS. The van der Waals surface area contributed by atoms with E-state index in [9.17, 15) is 0 Å². The molecule has 1 unspecified atom stereocenters. The van der Waals surface area contributed by atoms with Crippen LogP contribution < -0.4 is 5.32 Å². The first-order chi connectivity index (χ1) is 11.4. The summed E-state index contributed by atoms with van der Waals surface area (Å²) in [5, 5.41) is 8.56. The summed E-state index contributed by atoms with van der Waals surface area (Å²) in [4.78, 5) is 12.8. The third-order valence-corrected chi connectivity index (χ3v) is 4.42. The van der Waals surface area contributed by atoms with Crippen molar-refractivity contribution in [3.05, 3.63) is 71.2 Å². The van der Waals surface area contributed by atoms with Gasteiger partial charge >= 0.3 is 0 Å². The molecule has 23 heavy (non-hydrogen) atoms. The van der Waals surface area contributed by atoms with Crippen LogP contribution in [-0.4, -0.2) is 21.5 Å². The predicted molar refractivity (Wildman–Crippen MR) is 90.7 cm³/mol. The molecule has 0 spiro atoms. The number of fused-ring (bicyclic) bond motifs is 1. The van der Waals surface area contributed by atoms with Gasteiger partial charge in [-0.15, -0.1) is 0 Å². The number of rotatable bonds is 5. The molecule has 114 valence electrons. The predicted octanol–water partition coefficient (Wildman–Crippen LogP) is 3.92. The summed E-state index contributed by atoms with van der Waals surface area (Å²) >= 11 is 1.68. The Morgan fingerprint density at radius 1 is 1.13 bits per heavy atom. The second-order valence-corrected chi connectivity index (χ2v) is 5.88. The van der Waals surface area contributed by atoms with Crippen LogP contribution >= 0.6 is 11.3 Å². The minimum absolute atomic E-state index is 0.137. The van der Waals surface area contributed by atoms with Crippen molar-refractivity contribution in [1.29, 1.82) is 0 Å². The maximum Gasteiger partial charge on any atom is 0.164 e. The van der Waals surface area contributed by atoms with Crippen molar-refractivity contribution in [1.82, 2.24) is 15.0 Å². The average Bonchev–Trinajstić information content (AvgIpc) is 3.29. The summed E-state index contributed by atoms with van der Waals surface area (Å²) in [6, 6.07) is 9.90. The van der Waals surface area contributed by atoms with Crippen LogP contribution in [0.15, 0.2) is 64.3 Å². The number of nitrogens with one attached hydrogen (secondary N) is 1. The van der Waals surface area contributed by atoms with Gasteiger partial charge in [0.15, 0.2) is 5.65 Å². The van der Waals surface area contributed by atoms with Crippen molar-refractivity contribution in [2.24, 2.45) is 0 Å². The molecule has 0 amide bonds. The number of hydrogen-bond donors (Lipinski definition) is 1. The Balaban J connectivity index is 1.63. The fourth-order valence-corrected chi connectivity index (χ4v) is 3.29. The molecule has 5 nitrogen and oxygen atoms in total. The molecule has 1 N–H and O–H groups in total. The molecule has 6 heteroatoms. The van der Waals surface area contributed by atoms with E-state index in [1.165, 1.54) is 11.9 Å². The van der Waals surface area contributed by atoms with Gasteiger partial charge in [-0.05, 0) is 46.7 Å². The topological polar surface area (TPSA) is 63.8 Å². The third kappa shape index (κ3) is 2.80. The monoisotopic (exact) mass is 322 g/mol. The molecular weight excluding hydrogens is 308 g/mol. The summed E-state index contributed by atoms with van der Waals surface area (Å²) in [6.07, 6.45) is 4.97. The van der Waals surface area contributed by atoms with Crippen LogP contribution in [0.3, 0.4) is 0 Å². The maximum absolute atomic E-state index is 5.61. The molecule has 4 aromatic heterocycles. The summed E-state index contributed by atoms with van der Waals surface area (Å²) in [5.41, 5.74) is 1.92. The molecule has 4 rings (SSSR count). The fraction of sp³-hybridized carbons (Fsp3) is 0.118. The molecule has 0 saturated carbocycles. The molecule has 0 saturated heterocycles. The van der Waals surface area contributed by atoms with Gasteiger partial charge in [0.2, 0.25) is 0 Å². The Morgan fingerprint density at radius 3 is 2.96 bits per heavy atom. The van der Waals surface area contributed by atoms with Gasteiger partial charge in [-0.25, -0.2) is 15.0 Å². The van der Waals surface area contributed by atoms with E-state index in [4.69, 9.17) is 4.42 Å². The number of aromatic nitrogens is 3. The van der Waals surface area contributed by atoms with Crippen LogP contribution in [0, 0.1) is 0 Å². The standard InChI is InChI=1S/C17H14N4OS/c1-3-13-16(18-6-1)20-11-21-17(13)19-9-14(12-5-8-23-10-12)15-4-2-7-22-15/h1-8,10-11,14H,9H2,(H,18,19,20,21). The van der Waals surface area contributed by atoms with Gasteiger partial charge < -0.3 is 9.73 Å². The summed E-state index contributed by atoms with van der Waals surface area (Å²) in [7, 11) is 0. The minimum atomic E-state index is 0.137. The number of pyridine rings is 1. The zero-order valence-corrected chi connectivity index (χ0v) is 13.0. The van der Waals surface area contributed by atoms with Crippen LogP contribution in [0.5, 0.6) is 0 Å². The average molecular weight is 322 g/mol. The van der Waals surface area contributed by atoms with Crippen LogP contribution in [-0.2, 0) is 0 Å².